The van der Waals surface area contributed by atoms with Crippen molar-refractivity contribution in [3.8, 4) is 11.5 Å². The van der Waals surface area contributed by atoms with Crippen LogP contribution >= 0.6 is 0 Å². The topological polar surface area (TPSA) is 40.5 Å². The van der Waals surface area contributed by atoms with Gasteiger partial charge in [0.05, 0.1) is 0 Å². The molecule has 8 rings (SSSR count). The fourth-order valence-electron chi connectivity index (χ4n) is 8.22. The molecule has 4 aliphatic rings. The largest absolute Gasteiger partial charge is 0.508 e. The number of hydrogen-bond acceptors (Lipinski definition) is 2. The van der Waals surface area contributed by atoms with Gasteiger partial charge in [0.2, 0.25) is 0 Å². The fraction of sp³-hybridized carbons (Fsp3) is 0.333. The number of rotatable bonds is 2. The van der Waals surface area contributed by atoms with E-state index in [1.165, 1.54) is 54.0 Å². The lowest BCUT2D eigenvalue weighted by molar-refractivity contribution is -0.0406. The molecule has 2 nitrogen and oxygen atoms in total. The van der Waals surface area contributed by atoms with Crippen LogP contribution < -0.4 is 0 Å². The van der Waals surface area contributed by atoms with Crippen molar-refractivity contribution in [1.82, 2.24) is 0 Å². The number of hydrogen-bond donors (Lipinski definition) is 2. The van der Waals surface area contributed by atoms with Crippen LogP contribution in [0.25, 0.3) is 21.5 Å². The second-order valence-corrected chi connectivity index (χ2v) is 10.6. The molecule has 0 unspecified atom stereocenters. The first-order valence-electron chi connectivity index (χ1n) is 12.1. The van der Waals surface area contributed by atoms with E-state index in [0.29, 0.717) is 23.3 Å². The van der Waals surface area contributed by atoms with Gasteiger partial charge in [0.25, 0.3) is 0 Å². The van der Waals surface area contributed by atoms with Crippen molar-refractivity contribution in [2.24, 2.45) is 23.7 Å². The van der Waals surface area contributed by atoms with E-state index >= 15 is 0 Å². The standard InChI is InChI=1S/C30H28O2/c31-24-7-9-26-20(16-24)3-1-5-28(26)30(22-12-18-11-19(14-22)15-23(30)13-18)29-6-2-4-21-17-25(32)8-10-27(21)29/h1-10,16-19,22-23,31-32H,11-15H2. The van der Waals surface area contributed by atoms with E-state index in [4.69, 9.17) is 0 Å². The summed E-state index contributed by atoms with van der Waals surface area (Å²) < 4.78 is 0. The quantitative estimate of drug-likeness (QED) is 0.362. The molecule has 0 heterocycles. The zero-order valence-electron chi connectivity index (χ0n) is 18.2. The minimum absolute atomic E-state index is 0.0274. The Labute approximate surface area is 188 Å². The van der Waals surface area contributed by atoms with E-state index in [9.17, 15) is 10.2 Å². The Morgan fingerprint density at radius 2 is 1.03 bits per heavy atom. The summed E-state index contributed by atoms with van der Waals surface area (Å²) in [5, 5.41) is 25.1. The molecule has 4 aliphatic carbocycles. The Kier molecular flexibility index (Phi) is 3.78. The molecule has 2 heteroatoms. The van der Waals surface area contributed by atoms with Crippen LogP contribution in [0.5, 0.6) is 11.5 Å². The van der Waals surface area contributed by atoms with Gasteiger partial charge in [-0.2, -0.15) is 0 Å². The maximum absolute atomic E-state index is 10.2. The third-order valence-corrected chi connectivity index (χ3v) is 9.05. The monoisotopic (exact) mass is 420 g/mol. The third-order valence-electron chi connectivity index (χ3n) is 9.05. The van der Waals surface area contributed by atoms with E-state index in [0.717, 1.165) is 22.6 Å². The molecule has 0 amide bonds. The maximum Gasteiger partial charge on any atom is 0.116 e. The average Bonchev–Trinajstić information content (AvgIpc) is 2.78. The van der Waals surface area contributed by atoms with Crippen LogP contribution in [0.2, 0.25) is 0 Å². The molecule has 4 saturated carbocycles. The van der Waals surface area contributed by atoms with Crippen molar-refractivity contribution < 1.29 is 10.2 Å². The summed E-state index contributed by atoms with van der Waals surface area (Å²) in [6, 6.07) is 25.1. The van der Waals surface area contributed by atoms with Crippen LogP contribution in [-0.4, -0.2) is 10.2 Å². The highest BCUT2D eigenvalue weighted by molar-refractivity contribution is 5.92. The molecule has 2 N–H and O–H groups in total. The first-order chi connectivity index (χ1) is 15.6. The minimum atomic E-state index is -0.0274. The van der Waals surface area contributed by atoms with Gasteiger partial charge < -0.3 is 10.2 Å². The molecular formula is C30H28O2. The van der Waals surface area contributed by atoms with Crippen LogP contribution in [0.3, 0.4) is 0 Å². The normalized spacial score (nSPS) is 27.9. The first-order valence-corrected chi connectivity index (χ1v) is 12.1. The summed E-state index contributed by atoms with van der Waals surface area (Å²) in [6.45, 7) is 0. The lowest BCUT2D eigenvalue weighted by Gasteiger charge is -2.62. The number of benzene rings is 4. The highest BCUT2D eigenvalue weighted by Crippen LogP contribution is 2.66. The molecule has 0 saturated heterocycles. The lowest BCUT2D eigenvalue weighted by atomic mass is 9.41. The number of fused-ring (bicyclic) bond motifs is 2. The van der Waals surface area contributed by atoms with Crippen molar-refractivity contribution in [1.29, 1.82) is 0 Å². The molecular weight excluding hydrogens is 392 g/mol. The molecule has 4 fully saturated rings. The molecule has 0 atom stereocenters. The van der Waals surface area contributed by atoms with Gasteiger partial charge in [0.15, 0.2) is 0 Å². The highest BCUT2D eigenvalue weighted by Gasteiger charge is 2.59. The summed E-state index contributed by atoms with van der Waals surface area (Å²) in [5.41, 5.74) is 2.84. The van der Waals surface area contributed by atoms with Gasteiger partial charge in [-0.1, -0.05) is 48.5 Å². The van der Waals surface area contributed by atoms with E-state index in [2.05, 4.69) is 48.5 Å². The Hall–Kier alpha value is -3.00. The van der Waals surface area contributed by atoms with Crippen molar-refractivity contribution in [2.75, 3.05) is 0 Å². The molecule has 0 spiro atoms. The van der Waals surface area contributed by atoms with Gasteiger partial charge in [0.1, 0.15) is 11.5 Å². The fourth-order valence-corrected chi connectivity index (χ4v) is 8.22. The van der Waals surface area contributed by atoms with Crippen LogP contribution in [0.4, 0.5) is 0 Å². The van der Waals surface area contributed by atoms with Crippen molar-refractivity contribution in [2.45, 2.75) is 37.5 Å². The predicted octanol–water partition coefficient (Wildman–Crippen LogP) is 7.15. The predicted molar refractivity (Wildman–Crippen MR) is 129 cm³/mol. The highest BCUT2D eigenvalue weighted by atomic mass is 16.3. The molecule has 32 heavy (non-hydrogen) atoms. The van der Waals surface area contributed by atoms with E-state index < -0.39 is 0 Å². The number of aromatic hydroxyl groups is 2. The van der Waals surface area contributed by atoms with E-state index in [-0.39, 0.29) is 5.41 Å². The van der Waals surface area contributed by atoms with Crippen molar-refractivity contribution in [3.63, 3.8) is 0 Å². The Morgan fingerprint density at radius 1 is 0.562 bits per heavy atom. The summed E-state index contributed by atoms with van der Waals surface area (Å²) in [7, 11) is 0. The summed E-state index contributed by atoms with van der Waals surface area (Å²) in [5.74, 6) is 3.69. The van der Waals surface area contributed by atoms with Gasteiger partial charge in [-0.25, -0.2) is 0 Å². The van der Waals surface area contributed by atoms with Crippen LogP contribution in [0.1, 0.15) is 43.2 Å². The van der Waals surface area contributed by atoms with Crippen LogP contribution in [-0.2, 0) is 5.41 Å². The molecule has 4 bridgehead atoms. The van der Waals surface area contributed by atoms with Gasteiger partial charge in [-0.3, -0.25) is 0 Å². The van der Waals surface area contributed by atoms with Crippen molar-refractivity contribution in [3.05, 3.63) is 83.9 Å². The molecule has 0 radical (unpaired) electrons. The average molecular weight is 421 g/mol. The van der Waals surface area contributed by atoms with Crippen LogP contribution in [0, 0.1) is 23.7 Å². The maximum atomic E-state index is 10.2. The second-order valence-electron chi connectivity index (χ2n) is 10.6. The Balaban J connectivity index is 1.59. The van der Waals surface area contributed by atoms with Crippen LogP contribution in [0.15, 0.2) is 72.8 Å². The van der Waals surface area contributed by atoms with Gasteiger partial charge >= 0.3 is 0 Å². The van der Waals surface area contributed by atoms with E-state index in [1.807, 2.05) is 24.3 Å². The zero-order chi connectivity index (χ0) is 21.4. The smallest absolute Gasteiger partial charge is 0.116 e. The SMILES string of the molecule is Oc1ccc2c(C3(c4cccc5cc(O)ccc45)C4CC5CC(C4)CC3C5)cccc2c1. The molecule has 4 aromatic carbocycles. The second kappa shape index (κ2) is 6.51. The lowest BCUT2D eigenvalue weighted by Crippen LogP contribution is -2.56. The first kappa shape index (κ1) is 18.6. The number of phenols is 2. The van der Waals surface area contributed by atoms with E-state index in [1.54, 1.807) is 0 Å². The minimum Gasteiger partial charge on any atom is -0.508 e. The summed E-state index contributed by atoms with van der Waals surface area (Å²) in [4.78, 5) is 0. The van der Waals surface area contributed by atoms with Gasteiger partial charge in [-0.05, 0) is 113 Å². The van der Waals surface area contributed by atoms with Gasteiger partial charge in [-0.15, -0.1) is 0 Å². The molecule has 160 valence electrons. The molecule has 0 aromatic heterocycles. The number of phenolic OH excluding ortho intramolecular Hbond substituents is 2. The summed E-state index contributed by atoms with van der Waals surface area (Å²) >= 11 is 0. The van der Waals surface area contributed by atoms with Crippen molar-refractivity contribution >= 4 is 21.5 Å². The van der Waals surface area contributed by atoms with Gasteiger partial charge in [0, 0.05) is 5.41 Å². The Bertz CT molecular complexity index is 1250. The molecule has 0 aliphatic heterocycles. The molecule has 4 aromatic rings. The Morgan fingerprint density at radius 3 is 1.50 bits per heavy atom. The zero-order valence-corrected chi connectivity index (χ0v) is 18.2. The third kappa shape index (κ3) is 2.41. The summed E-state index contributed by atoms with van der Waals surface area (Å²) in [6.07, 6.45) is 6.69.